The Morgan fingerprint density at radius 2 is 2.35 bits per heavy atom. The molecule has 0 saturated heterocycles. The number of rotatable bonds is 5. The molecule has 2 N–H and O–H groups in total. The van der Waals surface area contributed by atoms with Crippen LogP contribution in [0.2, 0.25) is 0 Å². The number of aromatic carboxylic acids is 1. The molecule has 1 fully saturated rings. The number of carboxylic acids is 1. The summed E-state index contributed by atoms with van der Waals surface area (Å²) < 4.78 is 5.54. The molecule has 0 unspecified atom stereocenters. The normalized spacial score (nSPS) is 21.9. The minimum atomic E-state index is -0.978. The number of ether oxygens (including phenoxy) is 1. The summed E-state index contributed by atoms with van der Waals surface area (Å²) in [4.78, 5) is 22.5. The second-order valence-corrected chi connectivity index (χ2v) is 5.20. The van der Waals surface area contributed by atoms with Gasteiger partial charge in [-0.1, -0.05) is 0 Å². The van der Waals surface area contributed by atoms with E-state index in [9.17, 15) is 4.79 Å². The number of imidazole rings is 1. The van der Waals surface area contributed by atoms with Crippen molar-refractivity contribution in [1.29, 1.82) is 0 Å². The van der Waals surface area contributed by atoms with E-state index in [2.05, 4.69) is 15.0 Å². The van der Waals surface area contributed by atoms with E-state index in [0.717, 1.165) is 31.7 Å². The highest BCUT2D eigenvalue weighted by Gasteiger charge is 2.30. The van der Waals surface area contributed by atoms with Gasteiger partial charge >= 0.3 is 5.97 Å². The van der Waals surface area contributed by atoms with Gasteiger partial charge in [-0.15, -0.1) is 0 Å². The first-order chi connectivity index (χ1) is 9.65. The lowest BCUT2D eigenvalue weighted by Crippen LogP contribution is -2.32. The van der Waals surface area contributed by atoms with Crippen molar-refractivity contribution in [3.05, 3.63) is 23.7 Å². The van der Waals surface area contributed by atoms with Gasteiger partial charge in [0.15, 0.2) is 5.65 Å². The molecule has 0 spiro atoms. The van der Waals surface area contributed by atoms with Gasteiger partial charge in [-0.2, -0.15) is 0 Å². The van der Waals surface area contributed by atoms with E-state index in [0.29, 0.717) is 23.2 Å². The SMILES string of the molecule is CCOC1CC(Cc2nc3ncc(C(=O)O)cc3[nH]2)C1. The van der Waals surface area contributed by atoms with Crippen molar-refractivity contribution in [2.75, 3.05) is 6.61 Å². The van der Waals surface area contributed by atoms with Crippen molar-refractivity contribution in [2.45, 2.75) is 32.3 Å². The largest absolute Gasteiger partial charge is 0.478 e. The fourth-order valence-corrected chi connectivity index (χ4v) is 2.65. The number of H-pyrrole nitrogens is 1. The average Bonchev–Trinajstić information content (AvgIpc) is 2.77. The van der Waals surface area contributed by atoms with Crippen molar-refractivity contribution in [1.82, 2.24) is 15.0 Å². The lowest BCUT2D eigenvalue weighted by atomic mass is 9.80. The van der Waals surface area contributed by atoms with Gasteiger partial charge in [0, 0.05) is 19.2 Å². The summed E-state index contributed by atoms with van der Waals surface area (Å²) >= 11 is 0. The summed E-state index contributed by atoms with van der Waals surface area (Å²) in [5.41, 5.74) is 1.43. The van der Waals surface area contributed by atoms with Crippen molar-refractivity contribution in [2.24, 2.45) is 5.92 Å². The smallest absolute Gasteiger partial charge is 0.337 e. The third-order valence-electron chi connectivity index (χ3n) is 3.71. The summed E-state index contributed by atoms with van der Waals surface area (Å²) in [5, 5.41) is 8.94. The highest BCUT2D eigenvalue weighted by atomic mass is 16.5. The molecule has 0 radical (unpaired) electrons. The van der Waals surface area contributed by atoms with Crippen LogP contribution in [0.1, 0.15) is 35.9 Å². The molecule has 20 heavy (non-hydrogen) atoms. The fraction of sp³-hybridized carbons (Fsp3) is 0.500. The molecule has 6 nitrogen and oxygen atoms in total. The van der Waals surface area contributed by atoms with E-state index in [1.807, 2.05) is 6.92 Å². The van der Waals surface area contributed by atoms with E-state index >= 15 is 0 Å². The molecule has 0 bridgehead atoms. The zero-order valence-electron chi connectivity index (χ0n) is 11.3. The predicted octanol–water partition coefficient (Wildman–Crippen LogP) is 2.01. The van der Waals surface area contributed by atoms with Crippen LogP contribution in [0.25, 0.3) is 11.2 Å². The number of hydrogen-bond donors (Lipinski definition) is 2. The Kier molecular flexibility index (Phi) is 3.40. The summed E-state index contributed by atoms with van der Waals surface area (Å²) in [6, 6.07) is 1.57. The van der Waals surface area contributed by atoms with E-state index < -0.39 is 5.97 Å². The van der Waals surface area contributed by atoms with Gasteiger partial charge in [-0.25, -0.2) is 14.8 Å². The quantitative estimate of drug-likeness (QED) is 0.871. The Labute approximate surface area is 116 Å². The molecule has 1 saturated carbocycles. The van der Waals surface area contributed by atoms with Crippen molar-refractivity contribution >= 4 is 17.1 Å². The van der Waals surface area contributed by atoms with Crippen molar-refractivity contribution in [3.8, 4) is 0 Å². The van der Waals surface area contributed by atoms with Gasteiger partial charge in [0.2, 0.25) is 0 Å². The molecule has 1 aliphatic carbocycles. The second-order valence-electron chi connectivity index (χ2n) is 5.20. The Balaban J connectivity index is 1.69. The fourth-order valence-electron chi connectivity index (χ4n) is 2.65. The average molecular weight is 275 g/mol. The summed E-state index contributed by atoms with van der Waals surface area (Å²) in [5.74, 6) is 0.482. The number of hydrogen-bond acceptors (Lipinski definition) is 4. The zero-order chi connectivity index (χ0) is 14.1. The minimum Gasteiger partial charge on any atom is -0.478 e. The Morgan fingerprint density at radius 1 is 1.55 bits per heavy atom. The first-order valence-corrected chi connectivity index (χ1v) is 6.85. The number of aromatic nitrogens is 3. The maximum atomic E-state index is 10.9. The highest BCUT2D eigenvalue weighted by Crippen LogP contribution is 2.32. The maximum absolute atomic E-state index is 10.9. The Morgan fingerprint density at radius 3 is 3.05 bits per heavy atom. The van der Waals surface area contributed by atoms with Crippen LogP contribution in [-0.4, -0.2) is 38.7 Å². The number of nitrogens with zero attached hydrogens (tertiary/aromatic N) is 2. The zero-order valence-corrected chi connectivity index (χ0v) is 11.3. The van der Waals surface area contributed by atoms with Crippen LogP contribution in [0.4, 0.5) is 0 Å². The van der Waals surface area contributed by atoms with Crippen LogP contribution in [0.3, 0.4) is 0 Å². The molecule has 2 heterocycles. The molecule has 0 atom stereocenters. The molecule has 2 aromatic heterocycles. The second kappa shape index (κ2) is 5.20. The van der Waals surface area contributed by atoms with Crippen molar-refractivity contribution in [3.63, 3.8) is 0 Å². The molecule has 0 amide bonds. The molecule has 0 aliphatic heterocycles. The molecular formula is C14H17N3O3. The first-order valence-electron chi connectivity index (χ1n) is 6.85. The predicted molar refractivity (Wildman–Crippen MR) is 72.7 cm³/mol. The van der Waals surface area contributed by atoms with Crippen LogP contribution in [0.5, 0.6) is 0 Å². The third kappa shape index (κ3) is 2.51. The first kappa shape index (κ1) is 13.1. The number of fused-ring (bicyclic) bond motifs is 1. The molecule has 0 aromatic carbocycles. The molecule has 1 aliphatic rings. The summed E-state index contributed by atoms with van der Waals surface area (Å²) in [6.07, 6.45) is 4.73. The molecule has 2 aromatic rings. The standard InChI is InChI=1S/C14H17N3O3/c1-2-20-10-3-8(4-10)5-12-16-11-6-9(14(18)19)7-15-13(11)17-12/h6-8,10H,2-5H2,1H3,(H,18,19)(H,15,16,17). The number of pyridine rings is 1. The maximum Gasteiger partial charge on any atom is 0.337 e. The molecule has 3 rings (SSSR count). The molecular weight excluding hydrogens is 258 g/mol. The van der Waals surface area contributed by atoms with Crippen LogP contribution in [0.15, 0.2) is 12.3 Å². The lowest BCUT2D eigenvalue weighted by Gasteiger charge is -2.34. The van der Waals surface area contributed by atoms with E-state index in [1.54, 1.807) is 6.07 Å². The van der Waals surface area contributed by atoms with E-state index in [4.69, 9.17) is 9.84 Å². The number of carboxylic acid groups (broad SMARTS) is 1. The van der Waals surface area contributed by atoms with Crippen LogP contribution in [-0.2, 0) is 11.2 Å². The monoisotopic (exact) mass is 275 g/mol. The van der Waals surface area contributed by atoms with Gasteiger partial charge in [-0.05, 0) is 31.7 Å². The summed E-state index contributed by atoms with van der Waals surface area (Å²) in [7, 11) is 0. The van der Waals surface area contributed by atoms with Crippen LogP contribution in [0, 0.1) is 5.92 Å². The number of carbonyl (C=O) groups is 1. The molecule has 6 heteroatoms. The highest BCUT2D eigenvalue weighted by molar-refractivity contribution is 5.90. The van der Waals surface area contributed by atoms with Gasteiger partial charge in [0.1, 0.15) is 5.82 Å². The van der Waals surface area contributed by atoms with Crippen LogP contribution >= 0.6 is 0 Å². The van der Waals surface area contributed by atoms with Crippen LogP contribution < -0.4 is 0 Å². The minimum absolute atomic E-state index is 0.174. The van der Waals surface area contributed by atoms with Gasteiger partial charge < -0.3 is 14.8 Å². The van der Waals surface area contributed by atoms with Gasteiger partial charge in [-0.3, -0.25) is 0 Å². The van der Waals surface area contributed by atoms with Gasteiger partial charge in [0.05, 0.1) is 17.2 Å². The Bertz CT molecular complexity index is 632. The van der Waals surface area contributed by atoms with Gasteiger partial charge in [0.25, 0.3) is 0 Å². The Hall–Kier alpha value is -1.95. The number of nitrogens with one attached hydrogen (secondary N) is 1. The number of aromatic amines is 1. The third-order valence-corrected chi connectivity index (χ3v) is 3.71. The topological polar surface area (TPSA) is 88.1 Å². The summed E-state index contributed by atoms with van der Waals surface area (Å²) in [6.45, 7) is 2.78. The molecule has 106 valence electrons. The lowest BCUT2D eigenvalue weighted by molar-refractivity contribution is -0.0244. The van der Waals surface area contributed by atoms with E-state index in [1.165, 1.54) is 6.20 Å². The van der Waals surface area contributed by atoms with E-state index in [-0.39, 0.29) is 5.56 Å². The van der Waals surface area contributed by atoms with Crippen molar-refractivity contribution < 1.29 is 14.6 Å².